The van der Waals surface area contributed by atoms with E-state index in [4.69, 9.17) is 4.74 Å². The lowest BCUT2D eigenvalue weighted by atomic mass is 9.74. The van der Waals surface area contributed by atoms with Crippen LogP contribution in [-0.4, -0.2) is 19.2 Å². The van der Waals surface area contributed by atoms with Gasteiger partial charge in [0.2, 0.25) is 0 Å². The summed E-state index contributed by atoms with van der Waals surface area (Å²) in [7, 11) is 0. The minimum atomic E-state index is 0.711. The van der Waals surface area contributed by atoms with Crippen LogP contribution < -0.4 is 5.32 Å². The normalized spacial score (nSPS) is 29.3. The van der Waals surface area contributed by atoms with E-state index in [2.05, 4.69) is 32.7 Å². The van der Waals surface area contributed by atoms with Gasteiger partial charge in [0.25, 0.3) is 0 Å². The van der Waals surface area contributed by atoms with E-state index in [1.807, 2.05) is 0 Å². The van der Waals surface area contributed by atoms with Crippen molar-refractivity contribution in [3.8, 4) is 0 Å². The molecule has 1 aliphatic rings. The monoisotopic (exact) mass is 239 g/mol. The van der Waals surface area contributed by atoms with E-state index in [0.717, 1.165) is 37.3 Å². The Hall–Kier alpha value is -0.500. The Bertz CT molecular complexity index is 215. The molecule has 2 heteroatoms. The molecule has 0 radical (unpaired) electrons. The zero-order valence-corrected chi connectivity index (χ0v) is 11.7. The Balaban J connectivity index is 2.28. The highest BCUT2D eigenvalue weighted by Crippen LogP contribution is 2.33. The minimum absolute atomic E-state index is 0.711. The van der Waals surface area contributed by atoms with Gasteiger partial charge in [-0.3, -0.25) is 0 Å². The molecule has 100 valence electrons. The van der Waals surface area contributed by atoms with Crippen molar-refractivity contribution in [1.82, 2.24) is 5.32 Å². The highest BCUT2D eigenvalue weighted by Gasteiger charge is 2.29. The smallest absolute Gasteiger partial charge is 0.0885 e. The van der Waals surface area contributed by atoms with Crippen LogP contribution in [0.4, 0.5) is 0 Å². The molecule has 1 aliphatic carbocycles. The summed E-state index contributed by atoms with van der Waals surface area (Å²) in [4.78, 5) is 0. The van der Waals surface area contributed by atoms with Gasteiger partial charge in [0.15, 0.2) is 0 Å². The number of nitrogens with one attached hydrogen (secondary N) is 1. The van der Waals surface area contributed by atoms with Crippen LogP contribution in [0.25, 0.3) is 0 Å². The lowest BCUT2D eigenvalue weighted by Crippen LogP contribution is -2.43. The molecular weight excluding hydrogens is 210 g/mol. The molecule has 3 unspecified atom stereocenters. The van der Waals surface area contributed by atoms with Crippen molar-refractivity contribution < 1.29 is 4.74 Å². The molecule has 0 aromatic heterocycles. The molecule has 0 heterocycles. The fourth-order valence-electron chi connectivity index (χ4n) is 2.96. The van der Waals surface area contributed by atoms with Crippen molar-refractivity contribution in [2.24, 2.45) is 17.8 Å². The second-order valence-corrected chi connectivity index (χ2v) is 5.78. The van der Waals surface area contributed by atoms with Gasteiger partial charge in [-0.2, -0.15) is 0 Å². The van der Waals surface area contributed by atoms with Crippen molar-refractivity contribution in [3.05, 3.63) is 12.8 Å². The largest absolute Gasteiger partial charge is 0.502 e. The van der Waals surface area contributed by atoms with E-state index in [0.29, 0.717) is 6.04 Å². The Morgan fingerprint density at radius 2 is 2.18 bits per heavy atom. The Kier molecular flexibility index (Phi) is 6.64. The summed E-state index contributed by atoms with van der Waals surface area (Å²) >= 11 is 0. The lowest BCUT2D eigenvalue weighted by Gasteiger charge is -2.38. The van der Waals surface area contributed by atoms with E-state index >= 15 is 0 Å². The van der Waals surface area contributed by atoms with Crippen LogP contribution in [0.5, 0.6) is 0 Å². The van der Waals surface area contributed by atoms with Gasteiger partial charge in [-0.15, -0.1) is 0 Å². The summed E-state index contributed by atoms with van der Waals surface area (Å²) in [6.07, 6.45) is 6.73. The average molecular weight is 239 g/mol. The van der Waals surface area contributed by atoms with Crippen LogP contribution in [-0.2, 0) is 4.74 Å². The zero-order chi connectivity index (χ0) is 12.7. The van der Waals surface area contributed by atoms with Gasteiger partial charge in [-0.05, 0) is 43.6 Å². The SMILES string of the molecule is C=COCCCNC1CC(C)CCC1C(C)C. The molecule has 17 heavy (non-hydrogen) atoms. The van der Waals surface area contributed by atoms with Crippen molar-refractivity contribution in [3.63, 3.8) is 0 Å². The highest BCUT2D eigenvalue weighted by molar-refractivity contribution is 4.85. The number of hydrogen-bond donors (Lipinski definition) is 1. The fourth-order valence-corrected chi connectivity index (χ4v) is 2.96. The Morgan fingerprint density at radius 1 is 1.41 bits per heavy atom. The second kappa shape index (κ2) is 7.75. The van der Waals surface area contributed by atoms with Crippen LogP contribution >= 0.6 is 0 Å². The number of ether oxygens (including phenoxy) is 1. The molecule has 3 atom stereocenters. The van der Waals surface area contributed by atoms with Gasteiger partial charge in [0.1, 0.15) is 0 Å². The molecule has 1 N–H and O–H groups in total. The van der Waals surface area contributed by atoms with E-state index in [1.165, 1.54) is 25.5 Å². The molecule has 1 saturated carbocycles. The second-order valence-electron chi connectivity index (χ2n) is 5.78. The Labute approximate surface area is 107 Å². The minimum Gasteiger partial charge on any atom is -0.502 e. The number of hydrogen-bond acceptors (Lipinski definition) is 2. The summed E-state index contributed by atoms with van der Waals surface area (Å²) in [5.74, 6) is 2.53. The van der Waals surface area contributed by atoms with E-state index < -0.39 is 0 Å². The summed E-state index contributed by atoms with van der Waals surface area (Å²) in [6, 6.07) is 0.711. The zero-order valence-electron chi connectivity index (χ0n) is 11.7. The first-order valence-corrected chi connectivity index (χ1v) is 7.11. The van der Waals surface area contributed by atoms with Gasteiger partial charge in [-0.25, -0.2) is 0 Å². The van der Waals surface area contributed by atoms with Crippen LogP contribution in [0.15, 0.2) is 12.8 Å². The van der Waals surface area contributed by atoms with E-state index in [1.54, 1.807) is 0 Å². The van der Waals surface area contributed by atoms with Crippen LogP contribution in [0.2, 0.25) is 0 Å². The molecule has 0 saturated heterocycles. The maximum Gasteiger partial charge on any atom is 0.0885 e. The summed E-state index contributed by atoms with van der Waals surface area (Å²) in [5.41, 5.74) is 0. The first-order valence-electron chi connectivity index (χ1n) is 7.11. The van der Waals surface area contributed by atoms with Crippen LogP contribution in [0.1, 0.15) is 46.5 Å². The topological polar surface area (TPSA) is 21.3 Å². The molecular formula is C15H29NO. The van der Waals surface area contributed by atoms with Gasteiger partial charge in [0, 0.05) is 6.04 Å². The van der Waals surface area contributed by atoms with E-state index in [-0.39, 0.29) is 0 Å². The molecule has 0 bridgehead atoms. The standard InChI is InChI=1S/C15H29NO/c1-5-17-10-6-9-16-15-11-13(4)7-8-14(15)12(2)3/h5,12-16H,1,6-11H2,2-4H3. The predicted octanol–water partition coefficient (Wildman–Crippen LogP) is 3.59. The summed E-state index contributed by atoms with van der Waals surface area (Å²) < 4.78 is 5.14. The van der Waals surface area contributed by atoms with E-state index in [9.17, 15) is 0 Å². The molecule has 0 aromatic carbocycles. The molecule has 0 spiro atoms. The average Bonchev–Trinajstić information content (AvgIpc) is 2.28. The van der Waals surface area contributed by atoms with Gasteiger partial charge in [-0.1, -0.05) is 33.8 Å². The molecule has 1 fully saturated rings. The quantitative estimate of drug-likeness (QED) is 0.541. The molecule has 0 aliphatic heterocycles. The maximum absolute atomic E-state index is 5.14. The third-order valence-electron chi connectivity index (χ3n) is 3.99. The van der Waals surface area contributed by atoms with Crippen molar-refractivity contribution in [1.29, 1.82) is 0 Å². The first-order chi connectivity index (χ1) is 8.15. The molecule has 0 aromatic rings. The molecule has 0 amide bonds. The highest BCUT2D eigenvalue weighted by atomic mass is 16.5. The lowest BCUT2D eigenvalue weighted by molar-refractivity contribution is 0.165. The van der Waals surface area contributed by atoms with Gasteiger partial charge >= 0.3 is 0 Å². The molecule has 1 rings (SSSR count). The third kappa shape index (κ3) is 5.12. The number of rotatable bonds is 7. The van der Waals surface area contributed by atoms with Crippen LogP contribution in [0.3, 0.4) is 0 Å². The van der Waals surface area contributed by atoms with Crippen LogP contribution in [0, 0.1) is 17.8 Å². The first kappa shape index (κ1) is 14.6. The summed E-state index contributed by atoms with van der Waals surface area (Å²) in [5, 5.41) is 3.73. The van der Waals surface area contributed by atoms with Crippen molar-refractivity contribution in [2.75, 3.05) is 13.2 Å². The molecule has 2 nitrogen and oxygen atoms in total. The van der Waals surface area contributed by atoms with Crippen molar-refractivity contribution >= 4 is 0 Å². The third-order valence-corrected chi connectivity index (χ3v) is 3.99. The van der Waals surface area contributed by atoms with Gasteiger partial charge in [0.05, 0.1) is 12.9 Å². The Morgan fingerprint density at radius 3 is 2.82 bits per heavy atom. The maximum atomic E-state index is 5.14. The predicted molar refractivity (Wildman–Crippen MR) is 73.9 cm³/mol. The summed E-state index contributed by atoms with van der Waals surface area (Å²) in [6.45, 7) is 12.5. The fraction of sp³-hybridized carbons (Fsp3) is 0.867. The van der Waals surface area contributed by atoms with Crippen molar-refractivity contribution in [2.45, 2.75) is 52.5 Å². The van der Waals surface area contributed by atoms with Gasteiger partial charge < -0.3 is 10.1 Å².